The Morgan fingerprint density at radius 1 is 0.914 bits per heavy atom. The van der Waals surface area contributed by atoms with Crippen LogP contribution in [-0.4, -0.2) is 14.7 Å². The molecule has 0 amide bonds. The highest BCUT2D eigenvalue weighted by atomic mass is 32.1. The summed E-state index contributed by atoms with van der Waals surface area (Å²) in [6.07, 6.45) is 1.78. The third kappa shape index (κ3) is 3.92. The molecule has 0 bridgehead atoms. The number of anilines is 1. The first-order valence-corrected chi connectivity index (χ1v) is 12.2. The molecule has 1 aliphatic rings. The smallest absolute Gasteiger partial charge is 0.174 e. The first-order valence-electron chi connectivity index (χ1n) is 11.8. The maximum atomic E-state index is 15.1. The van der Waals surface area contributed by atoms with Gasteiger partial charge in [-0.2, -0.15) is 0 Å². The summed E-state index contributed by atoms with van der Waals surface area (Å²) in [4.78, 5) is 6.53. The van der Waals surface area contributed by atoms with Gasteiger partial charge < -0.3 is 14.8 Å². The molecule has 2 atom stereocenters. The lowest BCUT2D eigenvalue weighted by atomic mass is 9.96. The summed E-state index contributed by atoms with van der Waals surface area (Å²) in [5, 5.41) is 3.93. The molecule has 0 spiro atoms. The van der Waals surface area contributed by atoms with Crippen LogP contribution in [0, 0.1) is 40.4 Å². The van der Waals surface area contributed by atoms with Gasteiger partial charge in [0.1, 0.15) is 5.82 Å². The summed E-state index contributed by atoms with van der Waals surface area (Å²) in [6.45, 7) is 10.7. The van der Waals surface area contributed by atoms with Gasteiger partial charge in [-0.15, -0.1) is 0 Å². The van der Waals surface area contributed by atoms with Crippen LogP contribution in [0.2, 0.25) is 0 Å². The Labute approximate surface area is 211 Å². The third-order valence-electron chi connectivity index (χ3n) is 6.86. The number of hydrogen-bond donors (Lipinski definition) is 1. The van der Waals surface area contributed by atoms with Gasteiger partial charge in [0.15, 0.2) is 5.11 Å². The van der Waals surface area contributed by atoms with E-state index < -0.39 is 0 Å². The van der Waals surface area contributed by atoms with Gasteiger partial charge in [0, 0.05) is 17.6 Å². The number of nitrogens with zero attached hydrogens (tertiary/aromatic N) is 3. The first-order chi connectivity index (χ1) is 16.8. The molecule has 1 aliphatic heterocycles. The Kier molecular flexibility index (Phi) is 5.93. The highest BCUT2D eigenvalue weighted by Crippen LogP contribution is 2.44. The lowest BCUT2D eigenvalue weighted by Gasteiger charge is -2.28. The molecule has 2 unspecified atom stereocenters. The molecule has 5 rings (SSSR count). The highest BCUT2D eigenvalue weighted by molar-refractivity contribution is 7.80. The number of aryl methyl sites for hydroxylation is 4. The molecule has 3 heterocycles. The number of nitrogens with one attached hydrogen (secondary N) is 1. The van der Waals surface area contributed by atoms with E-state index in [2.05, 4.69) is 67.7 Å². The van der Waals surface area contributed by atoms with Crippen molar-refractivity contribution in [1.82, 2.24) is 14.9 Å². The van der Waals surface area contributed by atoms with E-state index in [4.69, 9.17) is 12.2 Å². The number of rotatable bonds is 4. The molecule has 1 saturated heterocycles. The van der Waals surface area contributed by atoms with Crippen molar-refractivity contribution < 1.29 is 4.39 Å². The number of benzene rings is 2. The molecule has 4 aromatic rings. The van der Waals surface area contributed by atoms with Crippen LogP contribution in [0.15, 0.2) is 66.9 Å². The minimum absolute atomic E-state index is 0.225. The van der Waals surface area contributed by atoms with Crippen LogP contribution in [0.3, 0.4) is 0 Å². The molecule has 2 aromatic carbocycles. The van der Waals surface area contributed by atoms with Gasteiger partial charge in [-0.25, -0.2) is 4.39 Å². The fraction of sp³-hybridized carbons (Fsp3) is 0.241. The Morgan fingerprint density at radius 2 is 1.60 bits per heavy atom. The number of pyridine rings is 1. The summed E-state index contributed by atoms with van der Waals surface area (Å²) in [5.74, 6) is -0.303. The van der Waals surface area contributed by atoms with Crippen molar-refractivity contribution in [2.24, 2.45) is 0 Å². The van der Waals surface area contributed by atoms with E-state index in [1.165, 1.54) is 28.4 Å². The number of halogens is 1. The van der Waals surface area contributed by atoms with E-state index in [0.717, 1.165) is 22.6 Å². The van der Waals surface area contributed by atoms with E-state index in [-0.39, 0.29) is 17.9 Å². The van der Waals surface area contributed by atoms with Gasteiger partial charge in [-0.05, 0) is 93.9 Å². The quantitative estimate of drug-likeness (QED) is 0.326. The van der Waals surface area contributed by atoms with Crippen molar-refractivity contribution in [3.8, 4) is 5.69 Å². The molecule has 4 nitrogen and oxygen atoms in total. The van der Waals surface area contributed by atoms with Gasteiger partial charge in [0.05, 0.1) is 29.2 Å². The summed E-state index contributed by atoms with van der Waals surface area (Å²) in [6, 6.07) is 18.8. The number of aromatic nitrogens is 2. The summed E-state index contributed by atoms with van der Waals surface area (Å²) < 4.78 is 17.4. The van der Waals surface area contributed by atoms with Crippen LogP contribution < -0.4 is 10.2 Å². The average Bonchev–Trinajstić information content (AvgIpc) is 3.30. The largest absolute Gasteiger partial charge is 0.351 e. The summed E-state index contributed by atoms with van der Waals surface area (Å²) in [7, 11) is 0. The molecule has 178 valence electrons. The fourth-order valence-electron chi connectivity index (χ4n) is 5.53. The number of hydrogen-bond acceptors (Lipinski definition) is 2. The summed E-state index contributed by atoms with van der Waals surface area (Å²) >= 11 is 5.78. The molecular weight excluding hydrogens is 455 g/mol. The molecule has 35 heavy (non-hydrogen) atoms. The molecule has 0 aliphatic carbocycles. The first kappa shape index (κ1) is 23.2. The van der Waals surface area contributed by atoms with Gasteiger partial charge >= 0.3 is 0 Å². The maximum Gasteiger partial charge on any atom is 0.174 e. The van der Waals surface area contributed by atoms with Crippen molar-refractivity contribution in [3.63, 3.8) is 0 Å². The van der Waals surface area contributed by atoms with Crippen LogP contribution in [0.25, 0.3) is 5.69 Å². The molecule has 0 saturated carbocycles. The minimum atomic E-state index is -0.303. The highest BCUT2D eigenvalue weighted by Gasteiger charge is 2.43. The average molecular weight is 485 g/mol. The topological polar surface area (TPSA) is 33.1 Å². The fourth-order valence-corrected chi connectivity index (χ4v) is 5.87. The SMILES string of the molecule is Cc1cc(C)c(-n2c(C)cc(C3C(c4ccccn4)NC(=S)N3c3ccccc3F)c2C)c(C)c1. The molecule has 0 radical (unpaired) electrons. The van der Waals surface area contributed by atoms with Gasteiger partial charge in [-0.1, -0.05) is 35.9 Å². The molecule has 2 aromatic heterocycles. The van der Waals surface area contributed by atoms with Crippen LogP contribution in [0.5, 0.6) is 0 Å². The van der Waals surface area contributed by atoms with Crippen LogP contribution in [0.1, 0.15) is 51.4 Å². The van der Waals surface area contributed by atoms with E-state index in [1.54, 1.807) is 18.3 Å². The third-order valence-corrected chi connectivity index (χ3v) is 7.17. The van der Waals surface area contributed by atoms with E-state index in [9.17, 15) is 0 Å². The van der Waals surface area contributed by atoms with Crippen molar-refractivity contribution in [1.29, 1.82) is 0 Å². The lowest BCUT2D eigenvalue weighted by Crippen LogP contribution is -2.30. The Morgan fingerprint density at radius 3 is 2.26 bits per heavy atom. The Bertz CT molecular complexity index is 1400. The molecular formula is C29H29FN4S. The number of para-hydroxylation sites is 1. The van der Waals surface area contributed by atoms with Gasteiger partial charge in [0.25, 0.3) is 0 Å². The predicted molar refractivity (Wildman–Crippen MR) is 144 cm³/mol. The molecule has 6 heteroatoms. The van der Waals surface area contributed by atoms with Crippen LogP contribution >= 0.6 is 12.2 Å². The second-order valence-electron chi connectivity index (χ2n) is 9.36. The predicted octanol–water partition coefficient (Wildman–Crippen LogP) is 6.73. The number of thiocarbonyl (C=S) groups is 1. The molecule has 1 N–H and O–H groups in total. The summed E-state index contributed by atoms with van der Waals surface area (Å²) in [5.41, 5.74) is 9.54. The standard InChI is InChI=1S/C29H29FN4S/c1-17-14-18(2)27(19(3)15-17)33-20(4)16-22(21(33)5)28-26(24-11-8-9-13-31-24)32-29(35)34(28)25-12-7-6-10-23(25)30/h6-16,26,28H,1-5H3,(H,32,35). The van der Waals surface area contributed by atoms with E-state index >= 15 is 4.39 Å². The normalized spacial score (nSPS) is 17.7. The maximum absolute atomic E-state index is 15.1. The zero-order chi connectivity index (χ0) is 24.9. The van der Waals surface area contributed by atoms with E-state index in [0.29, 0.717) is 10.8 Å². The Hall–Kier alpha value is -3.51. The zero-order valence-corrected chi connectivity index (χ0v) is 21.4. The van der Waals surface area contributed by atoms with E-state index in [1.807, 2.05) is 29.2 Å². The van der Waals surface area contributed by atoms with Crippen molar-refractivity contribution in [2.75, 3.05) is 4.90 Å². The Balaban J connectivity index is 1.73. The zero-order valence-electron chi connectivity index (χ0n) is 20.6. The molecule has 1 fully saturated rings. The van der Waals surface area contributed by atoms with Crippen molar-refractivity contribution in [3.05, 3.63) is 112 Å². The second-order valence-corrected chi connectivity index (χ2v) is 9.74. The lowest BCUT2D eigenvalue weighted by molar-refractivity contribution is 0.556. The van der Waals surface area contributed by atoms with Crippen LogP contribution in [-0.2, 0) is 0 Å². The van der Waals surface area contributed by atoms with Crippen LogP contribution in [0.4, 0.5) is 10.1 Å². The second kappa shape index (κ2) is 8.93. The minimum Gasteiger partial charge on any atom is -0.351 e. The van der Waals surface area contributed by atoms with Crippen molar-refractivity contribution >= 4 is 23.0 Å². The van der Waals surface area contributed by atoms with Gasteiger partial charge in [-0.3, -0.25) is 4.98 Å². The monoisotopic (exact) mass is 484 g/mol. The van der Waals surface area contributed by atoms with Gasteiger partial charge in [0.2, 0.25) is 0 Å². The van der Waals surface area contributed by atoms with Crippen molar-refractivity contribution in [2.45, 2.75) is 46.7 Å².